The Morgan fingerprint density at radius 3 is 2.70 bits per heavy atom. The molecule has 1 N–H and O–H groups in total. The minimum absolute atomic E-state index is 0.172. The quantitative estimate of drug-likeness (QED) is 0.593. The minimum atomic E-state index is -0.442. The highest BCUT2D eigenvalue weighted by Crippen LogP contribution is 2.27. The van der Waals surface area contributed by atoms with E-state index in [9.17, 15) is 9.18 Å². The third kappa shape index (κ3) is 3.10. The highest BCUT2D eigenvalue weighted by atomic mass is 19.1. The van der Waals surface area contributed by atoms with Crippen molar-refractivity contribution >= 4 is 16.9 Å². The van der Waals surface area contributed by atoms with Crippen LogP contribution in [0.25, 0.3) is 11.0 Å². The zero-order valence-electron chi connectivity index (χ0n) is 14.9. The van der Waals surface area contributed by atoms with Gasteiger partial charge in [-0.15, -0.1) is 0 Å². The van der Waals surface area contributed by atoms with Gasteiger partial charge in [0.25, 0.3) is 5.91 Å². The number of imidazole rings is 1. The summed E-state index contributed by atoms with van der Waals surface area (Å²) in [6, 6.07) is 13.4. The Morgan fingerprint density at radius 1 is 1.22 bits per heavy atom. The fourth-order valence-electron chi connectivity index (χ4n) is 3.20. The molecule has 0 aliphatic rings. The molecule has 0 bridgehead atoms. The van der Waals surface area contributed by atoms with Crippen molar-refractivity contribution in [2.45, 2.75) is 13.0 Å². The van der Waals surface area contributed by atoms with E-state index in [1.54, 1.807) is 13.1 Å². The summed E-state index contributed by atoms with van der Waals surface area (Å²) in [5, 5.41) is 3.59. The Balaban J connectivity index is 1.73. The van der Waals surface area contributed by atoms with Crippen LogP contribution in [0.5, 0.6) is 0 Å². The molecule has 6 heteroatoms. The van der Waals surface area contributed by atoms with E-state index < -0.39 is 6.04 Å². The van der Waals surface area contributed by atoms with Crippen molar-refractivity contribution in [1.82, 2.24) is 14.9 Å². The third-order valence-electron chi connectivity index (χ3n) is 4.63. The maximum absolute atomic E-state index is 13.5. The fraction of sp³-hybridized carbons (Fsp3) is 0.143. The van der Waals surface area contributed by atoms with Crippen LogP contribution in [0.3, 0.4) is 0 Å². The zero-order valence-corrected chi connectivity index (χ0v) is 14.9. The number of fused-ring (bicyclic) bond motifs is 1. The van der Waals surface area contributed by atoms with E-state index in [1.807, 2.05) is 48.1 Å². The Bertz CT molecular complexity index is 1120. The average Bonchev–Trinajstić information content (AvgIpc) is 3.24. The molecular formula is C21H18FN3O2. The summed E-state index contributed by atoms with van der Waals surface area (Å²) >= 11 is 0. The highest BCUT2D eigenvalue weighted by molar-refractivity contribution is 5.99. The number of carbonyl (C=O) groups excluding carboxylic acids is 1. The van der Waals surface area contributed by atoms with Gasteiger partial charge in [0.15, 0.2) is 5.76 Å². The molecule has 136 valence electrons. The summed E-state index contributed by atoms with van der Waals surface area (Å²) in [7, 11) is 1.87. The van der Waals surface area contributed by atoms with Crippen molar-refractivity contribution in [3.63, 3.8) is 0 Å². The molecule has 5 nitrogen and oxygen atoms in total. The van der Waals surface area contributed by atoms with Crippen molar-refractivity contribution in [1.29, 1.82) is 0 Å². The van der Waals surface area contributed by atoms with Gasteiger partial charge in [-0.25, -0.2) is 9.37 Å². The number of amides is 1. The molecule has 1 atom stereocenters. The molecule has 0 saturated carbocycles. The van der Waals surface area contributed by atoms with Gasteiger partial charge in [-0.3, -0.25) is 4.79 Å². The van der Waals surface area contributed by atoms with Gasteiger partial charge >= 0.3 is 0 Å². The number of furan rings is 1. The van der Waals surface area contributed by atoms with Crippen molar-refractivity contribution in [3.8, 4) is 0 Å². The Hall–Kier alpha value is -3.41. The molecule has 4 rings (SSSR count). The number of aryl methyl sites for hydroxylation is 2. The number of nitrogens with one attached hydrogen (secondary N) is 1. The lowest BCUT2D eigenvalue weighted by atomic mass is 10.1. The van der Waals surface area contributed by atoms with Crippen LogP contribution in [-0.4, -0.2) is 15.5 Å². The molecule has 2 aromatic carbocycles. The highest BCUT2D eigenvalue weighted by Gasteiger charge is 2.25. The van der Waals surface area contributed by atoms with Crippen LogP contribution in [0.15, 0.2) is 65.3 Å². The molecule has 0 aliphatic heterocycles. The first-order valence-electron chi connectivity index (χ1n) is 8.56. The summed E-state index contributed by atoms with van der Waals surface area (Å²) in [4.78, 5) is 17.4. The second-order valence-corrected chi connectivity index (χ2v) is 6.41. The lowest BCUT2D eigenvalue weighted by Gasteiger charge is -2.18. The molecule has 1 amide bonds. The number of benzene rings is 2. The summed E-state index contributed by atoms with van der Waals surface area (Å²) in [6.07, 6.45) is 3.51. The molecule has 2 aromatic heterocycles. The number of nitrogens with zero attached hydrogens (tertiary/aromatic N) is 2. The average molecular weight is 363 g/mol. The van der Waals surface area contributed by atoms with E-state index in [-0.39, 0.29) is 17.5 Å². The van der Waals surface area contributed by atoms with Crippen molar-refractivity contribution in [2.24, 2.45) is 7.05 Å². The second-order valence-electron chi connectivity index (χ2n) is 6.41. The van der Waals surface area contributed by atoms with E-state index in [0.29, 0.717) is 22.4 Å². The van der Waals surface area contributed by atoms with Crippen LogP contribution >= 0.6 is 0 Å². The minimum Gasteiger partial charge on any atom is -0.451 e. The van der Waals surface area contributed by atoms with Crippen LogP contribution < -0.4 is 5.32 Å². The van der Waals surface area contributed by atoms with Crippen LogP contribution in [-0.2, 0) is 7.05 Å². The molecule has 0 radical (unpaired) electrons. The number of aromatic nitrogens is 2. The van der Waals surface area contributed by atoms with E-state index in [4.69, 9.17) is 4.42 Å². The van der Waals surface area contributed by atoms with Gasteiger partial charge in [-0.2, -0.15) is 0 Å². The monoisotopic (exact) mass is 363 g/mol. The summed E-state index contributed by atoms with van der Waals surface area (Å²) in [5.41, 5.74) is 1.99. The van der Waals surface area contributed by atoms with Gasteiger partial charge in [0, 0.05) is 30.4 Å². The fourth-order valence-corrected chi connectivity index (χ4v) is 3.20. The van der Waals surface area contributed by atoms with Crippen molar-refractivity contribution < 1.29 is 13.6 Å². The Labute approximate surface area is 155 Å². The molecule has 0 spiro atoms. The van der Waals surface area contributed by atoms with E-state index in [1.165, 1.54) is 18.2 Å². The first-order chi connectivity index (χ1) is 13.0. The Kier molecular flexibility index (Phi) is 4.24. The van der Waals surface area contributed by atoms with Crippen molar-refractivity contribution in [3.05, 3.63) is 89.5 Å². The van der Waals surface area contributed by atoms with Gasteiger partial charge in [-0.1, -0.05) is 30.3 Å². The number of halogens is 1. The van der Waals surface area contributed by atoms with Gasteiger partial charge in [0.2, 0.25) is 0 Å². The predicted molar refractivity (Wildman–Crippen MR) is 99.9 cm³/mol. The lowest BCUT2D eigenvalue weighted by molar-refractivity contribution is 0.0914. The third-order valence-corrected chi connectivity index (χ3v) is 4.63. The number of carbonyl (C=O) groups is 1. The summed E-state index contributed by atoms with van der Waals surface area (Å²) < 4.78 is 21.1. The van der Waals surface area contributed by atoms with Crippen LogP contribution in [0.1, 0.15) is 33.5 Å². The molecule has 0 fully saturated rings. The first kappa shape index (κ1) is 17.0. The van der Waals surface area contributed by atoms with Gasteiger partial charge in [0.05, 0.1) is 0 Å². The van der Waals surface area contributed by atoms with Gasteiger partial charge < -0.3 is 14.3 Å². The lowest BCUT2D eigenvalue weighted by Crippen LogP contribution is -2.31. The second kappa shape index (κ2) is 6.72. The Morgan fingerprint density at radius 2 is 2.00 bits per heavy atom. The van der Waals surface area contributed by atoms with E-state index in [2.05, 4.69) is 10.3 Å². The van der Waals surface area contributed by atoms with Crippen LogP contribution in [0.4, 0.5) is 4.39 Å². The van der Waals surface area contributed by atoms with E-state index >= 15 is 0 Å². The predicted octanol–water partition coefficient (Wildman–Crippen LogP) is 4.13. The number of rotatable bonds is 4. The number of hydrogen-bond acceptors (Lipinski definition) is 3. The molecular weight excluding hydrogens is 345 g/mol. The van der Waals surface area contributed by atoms with Crippen molar-refractivity contribution in [2.75, 3.05) is 0 Å². The molecule has 27 heavy (non-hydrogen) atoms. The standard InChI is InChI=1S/C21H18FN3O2/c1-13-16-12-15(22)8-9-17(16)27-19(13)21(26)24-18(14-6-4-3-5-7-14)20-23-10-11-25(20)2/h3-12,18H,1-2H3,(H,24,26)/t18-/m0/s1. The molecule has 0 saturated heterocycles. The molecule has 4 aromatic rings. The van der Waals surface area contributed by atoms with Crippen LogP contribution in [0.2, 0.25) is 0 Å². The first-order valence-corrected chi connectivity index (χ1v) is 8.56. The van der Waals surface area contributed by atoms with Crippen LogP contribution in [0, 0.1) is 12.7 Å². The molecule has 0 aliphatic carbocycles. The number of hydrogen-bond donors (Lipinski definition) is 1. The topological polar surface area (TPSA) is 60.1 Å². The van der Waals surface area contributed by atoms with Gasteiger partial charge in [-0.05, 0) is 30.7 Å². The normalized spacial score (nSPS) is 12.3. The smallest absolute Gasteiger partial charge is 0.288 e. The maximum Gasteiger partial charge on any atom is 0.288 e. The summed E-state index contributed by atoms with van der Waals surface area (Å²) in [6.45, 7) is 1.75. The molecule has 2 heterocycles. The SMILES string of the molecule is Cc1c(C(=O)N[C@@H](c2ccccc2)c2nccn2C)oc2ccc(F)cc12. The largest absolute Gasteiger partial charge is 0.451 e. The summed E-state index contributed by atoms with van der Waals surface area (Å²) in [5.74, 6) is 0.134. The maximum atomic E-state index is 13.5. The van der Waals surface area contributed by atoms with E-state index in [0.717, 1.165) is 5.56 Å². The molecule has 0 unspecified atom stereocenters. The zero-order chi connectivity index (χ0) is 19.0. The van der Waals surface area contributed by atoms with Gasteiger partial charge in [0.1, 0.15) is 23.3 Å².